The van der Waals surface area contributed by atoms with E-state index in [-0.39, 0.29) is 5.91 Å². The molecule has 1 saturated heterocycles. The van der Waals surface area contributed by atoms with Gasteiger partial charge in [0.1, 0.15) is 11.4 Å². The fraction of sp³-hybridized carbons (Fsp3) is 0.538. The quantitative estimate of drug-likeness (QED) is 0.828. The Kier molecular flexibility index (Phi) is 4.52. The average molecular weight is 249 g/mol. The number of nitrogens with one attached hydrogen (secondary N) is 2. The number of amides is 1. The van der Waals surface area contributed by atoms with Crippen LogP contribution >= 0.6 is 0 Å². The van der Waals surface area contributed by atoms with Crippen molar-refractivity contribution in [2.75, 3.05) is 25.5 Å². The second-order valence-electron chi connectivity index (χ2n) is 4.52. The highest BCUT2D eigenvalue weighted by molar-refractivity contribution is 5.91. The summed E-state index contributed by atoms with van der Waals surface area (Å²) in [6, 6.07) is 1.73. The SMILES string of the molecule is COc1ccncc1NC(=O)CCC1CCNC1. The first kappa shape index (κ1) is 12.8. The molecule has 1 atom stereocenters. The van der Waals surface area contributed by atoms with Crippen molar-refractivity contribution in [3.05, 3.63) is 18.5 Å². The number of anilines is 1. The molecule has 1 aliphatic rings. The Bertz CT molecular complexity index is 403. The molecule has 18 heavy (non-hydrogen) atoms. The molecule has 0 spiro atoms. The molecule has 0 aliphatic carbocycles. The summed E-state index contributed by atoms with van der Waals surface area (Å²) >= 11 is 0. The first-order chi connectivity index (χ1) is 8.79. The van der Waals surface area contributed by atoms with Crippen molar-refractivity contribution in [1.82, 2.24) is 10.3 Å². The van der Waals surface area contributed by atoms with Gasteiger partial charge in [-0.05, 0) is 31.8 Å². The molecule has 1 unspecified atom stereocenters. The van der Waals surface area contributed by atoms with Crippen LogP contribution in [0.25, 0.3) is 0 Å². The van der Waals surface area contributed by atoms with Gasteiger partial charge in [0, 0.05) is 18.7 Å². The molecular formula is C13H19N3O2. The third kappa shape index (κ3) is 3.43. The Labute approximate surface area is 107 Å². The van der Waals surface area contributed by atoms with Crippen LogP contribution in [0.2, 0.25) is 0 Å². The molecule has 5 heteroatoms. The van der Waals surface area contributed by atoms with Crippen molar-refractivity contribution in [1.29, 1.82) is 0 Å². The van der Waals surface area contributed by atoms with Crippen LogP contribution < -0.4 is 15.4 Å². The van der Waals surface area contributed by atoms with E-state index in [1.165, 1.54) is 6.42 Å². The van der Waals surface area contributed by atoms with Gasteiger partial charge in [0.15, 0.2) is 0 Å². The molecule has 2 rings (SSSR count). The highest BCUT2D eigenvalue weighted by Gasteiger charge is 2.16. The molecule has 0 bridgehead atoms. The van der Waals surface area contributed by atoms with Gasteiger partial charge in [-0.25, -0.2) is 0 Å². The standard InChI is InChI=1S/C13H19N3O2/c1-18-12-5-7-15-9-11(12)16-13(17)3-2-10-4-6-14-8-10/h5,7,9-10,14H,2-4,6,8H2,1H3,(H,16,17). The van der Waals surface area contributed by atoms with E-state index in [0.29, 0.717) is 23.8 Å². The molecule has 1 aromatic rings. The number of nitrogens with zero attached hydrogens (tertiary/aromatic N) is 1. The fourth-order valence-electron chi connectivity index (χ4n) is 2.16. The number of rotatable bonds is 5. The molecular weight excluding hydrogens is 230 g/mol. The minimum absolute atomic E-state index is 0.0215. The number of methoxy groups -OCH3 is 1. The van der Waals surface area contributed by atoms with Crippen LogP contribution in [0.1, 0.15) is 19.3 Å². The third-order valence-corrected chi connectivity index (χ3v) is 3.22. The van der Waals surface area contributed by atoms with E-state index in [1.54, 1.807) is 25.6 Å². The maximum absolute atomic E-state index is 11.8. The highest BCUT2D eigenvalue weighted by Crippen LogP contribution is 2.22. The molecule has 0 saturated carbocycles. The third-order valence-electron chi connectivity index (χ3n) is 3.22. The lowest BCUT2D eigenvalue weighted by molar-refractivity contribution is -0.116. The van der Waals surface area contributed by atoms with E-state index in [0.717, 1.165) is 19.5 Å². The van der Waals surface area contributed by atoms with Gasteiger partial charge in [-0.15, -0.1) is 0 Å². The molecule has 2 heterocycles. The first-order valence-electron chi connectivity index (χ1n) is 6.28. The van der Waals surface area contributed by atoms with Gasteiger partial charge in [0.05, 0.1) is 13.3 Å². The number of aromatic nitrogens is 1. The largest absolute Gasteiger partial charge is 0.494 e. The van der Waals surface area contributed by atoms with E-state index in [2.05, 4.69) is 15.6 Å². The van der Waals surface area contributed by atoms with E-state index < -0.39 is 0 Å². The molecule has 2 N–H and O–H groups in total. The second kappa shape index (κ2) is 6.35. The van der Waals surface area contributed by atoms with Gasteiger partial charge in [0.2, 0.25) is 5.91 Å². The number of carbonyl (C=O) groups is 1. The zero-order chi connectivity index (χ0) is 12.8. The van der Waals surface area contributed by atoms with Crippen molar-refractivity contribution < 1.29 is 9.53 Å². The second-order valence-corrected chi connectivity index (χ2v) is 4.52. The number of carbonyl (C=O) groups excluding carboxylic acids is 1. The van der Waals surface area contributed by atoms with Crippen molar-refractivity contribution in [3.63, 3.8) is 0 Å². The summed E-state index contributed by atoms with van der Waals surface area (Å²) in [4.78, 5) is 15.8. The van der Waals surface area contributed by atoms with Gasteiger partial charge in [-0.1, -0.05) is 0 Å². The van der Waals surface area contributed by atoms with E-state index in [4.69, 9.17) is 4.74 Å². The van der Waals surface area contributed by atoms with Crippen LogP contribution in [-0.4, -0.2) is 31.1 Å². The molecule has 1 aliphatic heterocycles. The molecule has 0 aromatic carbocycles. The lowest BCUT2D eigenvalue weighted by atomic mass is 10.0. The molecule has 1 fully saturated rings. The topological polar surface area (TPSA) is 63.2 Å². The van der Waals surface area contributed by atoms with Gasteiger partial charge < -0.3 is 15.4 Å². The van der Waals surface area contributed by atoms with Crippen LogP contribution in [0.3, 0.4) is 0 Å². The van der Waals surface area contributed by atoms with Crippen molar-refractivity contribution >= 4 is 11.6 Å². The Morgan fingerprint density at radius 3 is 3.28 bits per heavy atom. The number of hydrogen-bond donors (Lipinski definition) is 2. The minimum atomic E-state index is 0.0215. The molecule has 1 aromatic heterocycles. The van der Waals surface area contributed by atoms with E-state index in [9.17, 15) is 4.79 Å². The van der Waals surface area contributed by atoms with Crippen LogP contribution in [-0.2, 0) is 4.79 Å². The normalized spacial score (nSPS) is 18.6. The summed E-state index contributed by atoms with van der Waals surface area (Å²) in [7, 11) is 1.58. The van der Waals surface area contributed by atoms with Crippen LogP contribution in [0.5, 0.6) is 5.75 Å². The van der Waals surface area contributed by atoms with Crippen LogP contribution in [0.15, 0.2) is 18.5 Å². The van der Waals surface area contributed by atoms with Gasteiger partial charge in [0.25, 0.3) is 0 Å². The maximum atomic E-state index is 11.8. The predicted octanol–water partition coefficient (Wildman–Crippen LogP) is 1.42. The van der Waals surface area contributed by atoms with Gasteiger partial charge in [-0.3, -0.25) is 9.78 Å². The summed E-state index contributed by atoms with van der Waals surface area (Å²) in [5.41, 5.74) is 0.634. The Hall–Kier alpha value is -1.62. The van der Waals surface area contributed by atoms with Crippen molar-refractivity contribution in [2.24, 2.45) is 5.92 Å². The summed E-state index contributed by atoms with van der Waals surface area (Å²) in [6.45, 7) is 2.10. The summed E-state index contributed by atoms with van der Waals surface area (Å²) in [6.07, 6.45) is 5.89. The predicted molar refractivity (Wildman–Crippen MR) is 69.6 cm³/mol. The zero-order valence-electron chi connectivity index (χ0n) is 10.6. The molecule has 0 radical (unpaired) electrons. The monoisotopic (exact) mass is 249 g/mol. The van der Waals surface area contributed by atoms with Gasteiger partial charge in [-0.2, -0.15) is 0 Å². The minimum Gasteiger partial charge on any atom is -0.494 e. The van der Waals surface area contributed by atoms with E-state index >= 15 is 0 Å². The zero-order valence-corrected chi connectivity index (χ0v) is 10.6. The van der Waals surface area contributed by atoms with Crippen LogP contribution in [0, 0.1) is 5.92 Å². The smallest absolute Gasteiger partial charge is 0.224 e. The van der Waals surface area contributed by atoms with Crippen molar-refractivity contribution in [3.8, 4) is 5.75 Å². The summed E-state index contributed by atoms with van der Waals surface area (Å²) < 4.78 is 5.16. The molecule has 1 amide bonds. The molecule has 5 nitrogen and oxygen atoms in total. The molecule has 98 valence electrons. The average Bonchev–Trinajstić information content (AvgIpc) is 2.90. The first-order valence-corrected chi connectivity index (χ1v) is 6.28. The lowest BCUT2D eigenvalue weighted by Gasteiger charge is -2.10. The maximum Gasteiger partial charge on any atom is 0.224 e. The van der Waals surface area contributed by atoms with Crippen molar-refractivity contribution in [2.45, 2.75) is 19.3 Å². The Morgan fingerprint density at radius 1 is 1.67 bits per heavy atom. The van der Waals surface area contributed by atoms with Crippen LogP contribution in [0.4, 0.5) is 5.69 Å². The Morgan fingerprint density at radius 2 is 2.56 bits per heavy atom. The van der Waals surface area contributed by atoms with E-state index in [1.807, 2.05) is 0 Å². The summed E-state index contributed by atoms with van der Waals surface area (Å²) in [5, 5.41) is 6.14. The Balaban J connectivity index is 1.82. The number of ether oxygens (including phenoxy) is 1. The lowest BCUT2D eigenvalue weighted by Crippen LogP contribution is -2.15. The summed E-state index contributed by atoms with van der Waals surface area (Å²) in [5.74, 6) is 1.29. The fourth-order valence-corrected chi connectivity index (χ4v) is 2.16. The number of pyridine rings is 1. The number of hydrogen-bond acceptors (Lipinski definition) is 4. The van der Waals surface area contributed by atoms with Gasteiger partial charge >= 0.3 is 0 Å². The highest BCUT2D eigenvalue weighted by atomic mass is 16.5.